The van der Waals surface area contributed by atoms with E-state index in [-0.39, 0.29) is 12.7 Å². The molecule has 1 heterocycles. The molecular formula is C5H9NO2. The largest absolute Gasteiger partial charge is 0.392 e. The third-order valence-electron chi connectivity index (χ3n) is 1.08. The number of nitrogens with zero attached hydrogens (tertiary/aromatic N) is 1. The molecule has 0 saturated carbocycles. The summed E-state index contributed by atoms with van der Waals surface area (Å²) in [7, 11) is 0. The fourth-order valence-electron chi connectivity index (χ4n) is 0.666. The van der Waals surface area contributed by atoms with Crippen molar-refractivity contribution in [3.05, 3.63) is 0 Å². The highest BCUT2D eigenvalue weighted by Crippen LogP contribution is 2.07. The molecule has 3 nitrogen and oxygen atoms in total. The van der Waals surface area contributed by atoms with Gasteiger partial charge in [-0.15, -0.1) is 0 Å². The maximum Gasteiger partial charge on any atom is 0.155 e. The summed E-state index contributed by atoms with van der Waals surface area (Å²) in [6.45, 7) is 1.95. The van der Waals surface area contributed by atoms with Gasteiger partial charge in [-0.05, 0) is 6.92 Å². The second-order valence-electron chi connectivity index (χ2n) is 1.94. The first-order chi connectivity index (χ1) is 3.83. The van der Waals surface area contributed by atoms with E-state index in [2.05, 4.69) is 5.16 Å². The van der Waals surface area contributed by atoms with Crippen molar-refractivity contribution in [1.29, 1.82) is 0 Å². The van der Waals surface area contributed by atoms with Gasteiger partial charge < -0.3 is 9.94 Å². The Morgan fingerprint density at radius 1 is 2.00 bits per heavy atom. The molecule has 0 saturated heterocycles. The van der Waals surface area contributed by atoms with Crippen LogP contribution < -0.4 is 0 Å². The van der Waals surface area contributed by atoms with E-state index in [9.17, 15) is 0 Å². The van der Waals surface area contributed by atoms with Gasteiger partial charge in [0.05, 0.1) is 12.3 Å². The van der Waals surface area contributed by atoms with Crippen LogP contribution in [0.3, 0.4) is 0 Å². The van der Waals surface area contributed by atoms with Crippen molar-refractivity contribution in [3.8, 4) is 0 Å². The third kappa shape index (κ3) is 0.980. The van der Waals surface area contributed by atoms with E-state index < -0.39 is 0 Å². The number of aliphatic hydroxyl groups excluding tert-OH is 1. The minimum atomic E-state index is -0.0741. The molecule has 0 fully saturated rings. The molecule has 0 aromatic rings. The first-order valence-electron chi connectivity index (χ1n) is 2.63. The fraction of sp³-hybridized carbons (Fsp3) is 0.800. The van der Waals surface area contributed by atoms with Gasteiger partial charge in [-0.3, -0.25) is 0 Å². The van der Waals surface area contributed by atoms with E-state index >= 15 is 0 Å². The zero-order valence-electron chi connectivity index (χ0n) is 4.79. The Labute approximate surface area is 48.0 Å². The highest BCUT2D eigenvalue weighted by Gasteiger charge is 2.15. The smallest absolute Gasteiger partial charge is 0.155 e. The predicted molar refractivity (Wildman–Crippen MR) is 29.7 cm³/mol. The van der Waals surface area contributed by atoms with Crippen molar-refractivity contribution in [2.75, 3.05) is 6.61 Å². The summed E-state index contributed by atoms with van der Waals surface area (Å²) in [5.74, 6) is 0. The molecule has 0 aromatic heterocycles. The summed E-state index contributed by atoms with van der Waals surface area (Å²) < 4.78 is 0. The SMILES string of the molecule is CC1=NOC(CO)C1. The molecule has 1 aliphatic rings. The zero-order valence-corrected chi connectivity index (χ0v) is 4.79. The van der Waals surface area contributed by atoms with E-state index in [1.807, 2.05) is 6.92 Å². The summed E-state index contributed by atoms with van der Waals surface area (Å²) in [6.07, 6.45) is 0.700. The van der Waals surface area contributed by atoms with Crippen molar-refractivity contribution in [2.24, 2.45) is 5.16 Å². The van der Waals surface area contributed by atoms with Crippen LogP contribution in [0, 0.1) is 0 Å². The van der Waals surface area contributed by atoms with Crippen LogP contribution in [0.1, 0.15) is 13.3 Å². The lowest BCUT2D eigenvalue weighted by molar-refractivity contribution is 0.0390. The van der Waals surface area contributed by atoms with Crippen molar-refractivity contribution < 1.29 is 9.94 Å². The molecule has 3 heteroatoms. The molecule has 46 valence electrons. The van der Waals surface area contributed by atoms with E-state index in [1.165, 1.54) is 0 Å². The van der Waals surface area contributed by atoms with E-state index in [0.717, 1.165) is 12.1 Å². The molecular weight excluding hydrogens is 106 g/mol. The van der Waals surface area contributed by atoms with Gasteiger partial charge in [0, 0.05) is 6.42 Å². The van der Waals surface area contributed by atoms with Crippen LogP contribution in [0.15, 0.2) is 5.16 Å². The monoisotopic (exact) mass is 115 g/mol. The highest BCUT2D eigenvalue weighted by molar-refractivity contribution is 5.82. The summed E-state index contributed by atoms with van der Waals surface area (Å²) in [4.78, 5) is 4.75. The molecule has 1 N–H and O–H groups in total. The fourth-order valence-corrected chi connectivity index (χ4v) is 0.666. The Morgan fingerprint density at radius 2 is 2.75 bits per heavy atom. The van der Waals surface area contributed by atoms with Crippen LogP contribution in [-0.4, -0.2) is 23.5 Å². The lowest BCUT2D eigenvalue weighted by atomic mass is 10.2. The molecule has 0 bridgehead atoms. The van der Waals surface area contributed by atoms with Crippen molar-refractivity contribution in [2.45, 2.75) is 19.4 Å². The highest BCUT2D eigenvalue weighted by atomic mass is 16.6. The lowest BCUT2D eigenvalue weighted by Gasteiger charge is -1.99. The van der Waals surface area contributed by atoms with Crippen LogP contribution in [0.4, 0.5) is 0 Å². The van der Waals surface area contributed by atoms with Crippen LogP contribution in [0.5, 0.6) is 0 Å². The van der Waals surface area contributed by atoms with E-state index in [1.54, 1.807) is 0 Å². The molecule has 1 rings (SSSR count). The minimum Gasteiger partial charge on any atom is -0.392 e. The van der Waals surface area contributed by atoms with Crippen LogP contribution >= 0.6 is 0 Å². The number of oxime groups is 1. The normalized spacial score (nSPS) is 27.2. The first-order valence-corrected chi connectivity index (χ1v) is 2.63. The summed E-state index contributed by atoms with van der Waals surface area (Å²) in [6, 6.07) is 0. The van der Waals surface area contributed by atoms with Gasteiger partial charge in [-0.25, -0.2) is 0 Å². The molecule has 0 amide bonds. The summed E-state index contributed by atoms with van der Waals surface area (Å²) in [5.41, 5.74) is 0.962. The molecule has 1 aliphatic heterocycles. The Morgan fingerprint density at radius 3 is 3.00 bits per heavy atom. The van der Waals surface area contributed by atoms with Crippen molar-refractivity contribution in [3.63, 3.8) is 0 Å². The predicted octanol–water partition coefficient (Wildman–Crippen LogP) is 0.144. The maximum absolute atomic E-state index is 8.49. The number of aliphatic hydroxyl groups is 1. The number of rotatable bonds is 1. The molecule has 0 aromatic carbocycles. The Balaban J connectivity index is 2.32. The van der Waals surface area contributed by atoms with Crippen molar-refractivity contribution in [1.82, 2.24) is 0 Å². The van der Waals surface area contributed by atoms with Gasteiger partial charge in [-0.1, -0.05) is 5.16 Å². The molecule has 8 heavy (non-hydrogen) atoms. The standard InChI is InChI=1S/C5H9NO2/c1-4-2-5(3-7)8-6-4/h5,7H,2-3H2,1H3. The van der Waals surface area contributed by atoms with Gasteiger partial charge in [0.15, 0.2) is 6.10 Å². The van der Waals surface area contributed by atoms with Crippen LogP contribution in [-0.2, 0) is 4.84 Å². The Hall–Kier alpha value is -0.570. The van der Waals surface area contributed by atoms with E-state index in [0.29, 0.717) is 0 Å². The van der Waals surface area contributed by atoms with Gasteiger partial charge >= 0.3 is 0 Å². The Kier molecular flexibility index (Phi) is 1.48. The molecule has 0 aliphatic carbocycles. The average molecular weight is 115 g/mol. The molecule has 1 atom stereocenters. The topological polar surface area (TPSA) is 41.8 Å². The van der Waals surface area contributed by atoms with Gasteiger partial charge in [0.1, 0.15) is 0 Å². The number of hydrogen-bond acceptors (Lipinski definition) is 3. The maximum atomic E-state index is 8.49. The first kappa shape index (κ1) is 5.56. The minimum absolute atomic E-state index is 0.0703. The van der Waals surface area contributed by atoms with Gasteiger partial charge in [0.25, 0.3) is 0 Å². The third-order valence-corrected chi connectivity index (χ3v) is 1.08. The van der Waals surface area contributed by atoms with Crippen molar-refractivity contribution >= 4 is 5.71 Å². The van der Waals surface area contributed by atoms with Gasteiger partial charge in [0.2, 0.25) is 0 Å². The van der Waals surface area contributed by atoms with Crippen LogP contribution in [0.2, 0.25) is 0 Å². The second kappa shape index (κ2) is 2.13. The molecule has 1 unspecified atom stereocenters. The van der Waals surface area contributed by atoms with Gasteiger partial charge in [-0.2, -0.15) is 0 Å². The molecule has 0 radical (unpaired) electrons. The summed E-state index contributed by atoms with van der Waals surface area (Å²) >= 11 is 0. The van der Waals surface area contributed by atoms with E-state index in [4.69, 9.17) is 9.94 Å². The molecule has 0 spiro atoms. The quantitative estimate of drug-likeness (QED) is 0.528. The second-order valence-corrected chi connectivity index (χ2v) is 1.94. The Bertz CT molecular complexity index is 111. The number of hydrogen-bond donors (Lipinski definition) is 1. The van der Waals surface area contributed by atoms with Crippen LogP contribution in [0.25, 0.3) is 0 Å². The summed E-state index contributed by atoms with van der Waals surface area (Å²) in [5, 5.41) is 12.1. The zero-order chi connectivity index (χ0) is 5.98. The lowest BCUT2D eigenvalue weighted by Crippen LogP contribution is -2.11. The average Bonchev–Trinajstić information content (AvgIpc) is 2.14.